The van der Waals surface area contributed by atoms with Crippen LogP contribution in [-0.2, 0) is 21.6 Å². The molecule has 7 nitrogen and oxygen atoms in total. The molecular formula is C18H18N2O5. The van der Waals surface area contributed by atoms with Gasteiger partial charge in [0.05, 0.1) is 0 Å². The first-order chi connectivity index (χ1) is 12.1. The molecule has 2 aromatic rings. The summed E-state index contributed by atoms with van der Waals surface area (Å²) in [4.78, 5) is 29.1. The number of hydrogen-bond donors (Lipinski definition) is 1. The number of aromatic nitrogens is 1. The minimum atomic E-state index is -1.07. The Kier molecular flexibility index (Phi) is 3.80. The van der Waals surface area contributed by atoms with Gasteiger partial charge in [-0.2, -0.15) is 0 Å². The van der Waals surface area contributed by atoms with Gasteiger partial charge in [-0.15, -0.1) is 0 Å². The minimum absolute atomic E-state index is 0.0701. The second-order valence-electron chi connectivity index (χ2n) is 6.62. The average Bonchev–Trinajstić information content (AvgIpc) is 2.97. The van der Waals surface area contributed by atoms with E-state index in [1.807, 2.05) is 18.2 Å². The molecule has 1 aromatic carbocycles. The van der Waals surface area contributed by atoms with Gasteiger partial charge in [0.15, 0.2) is 17.8 Å². The molecule has 0 bridgehead atoms. The number of benzene rings is 1. The van der Waals surface area contributed by atoms with Crippen molar-refractivity contribution < 1.29 is 23.8 Å². The largest absolute Gasteiger partial charge is 0.480 e. The maximum Gasteiger partial charge on any atom is 0.329 e. The van der Waals surface area contributed by atoms with E-state index in [0.717, 1.165) is 6.42 Å². The molecule has 2 fully saturated rings. The number of carboxylic acid groups (broad SMARTS) is 1. The maximum atomic E-state index is 12.8. The molecule has 1 aromatic heterocycles. The molecule has 130 valence electrons. The van der Waals surface area contributed by atoms with Crippen LogP contribution in [0.4, 0.5) is 0 Å². The Balaban J connectivity index is 1.45. The topological polar surface area (TPSA) is 92.9 Å². The van der Waals surface area contributed by atoms with E-state index in [2.05, 4.69) is 17.1 Å². The predicted molar refractivity (Wildman–Crippen MR) is 85.9 cm³/mol. The lowest BCUT2D eigenvalue weighted by Gasteiger charge is -2.20. The van der Waals surface area contributed by atoms with E-state index in [1.165, 1.54) is 12.0 Å². The normalized spacial score (nSPS) is 24.2. The number of rotatable bonds is 6. The van der Waals surface area contributed by atoms with Crippen molar-refractivity contribution >= 4 is 11.9 Å². The van der Waals surface area contributed by atoms with E-state index in [1.54, 1.807) is 4.90 Å². The Morgan fingerprint density at radius 3 is 2.92 bits per heavy atom. The van der Waals surface area contributed by atoms with Gasteiger partial charge >= 0.3 is 5.97 Å². The van der Waals surface area contributed by atoms with Gasteiger partial charge < -0.3 is 19.2 Å². The number of ether oxygens (including phenoxy) is 1. The molecule has 4 rings (SSSR count). The van der Waals surface area contributed by atoms with E-state index < -0.39 is 12.6 Å². The Morgan fingerprint density at radius 1 is 1.36 bits per heavy atom. The zero-order chi connectivity index (χ0) is 17.4. The van der Waals surface area contributed by atoms with Gasteiger partial charge in [0.2, 0.25) is 0 Å². The highest BCUT2D eigenvalue weighted by atomic mass is 16.5. The van der Waals surface area contributed by atoms with Crippen LogP contribution in [0, 0.1) is 5.92 Å². The van der Waals surface area contributed by atoms with Crippen LogP contribution in [0.15, 0.2) is 41.1 Å². The van der Waals surface area contributed by atoms with Crippen molar-refractivity contribution in [2.75, 3.05) is 19.7 Å². The fourth-order valence-electron chi connectivity index (χ4n) is 3.78. The van der Waals surface area contributed by atoms with Gasteiger partial charge in [-0.25, -0.2) is 9.78 Å². The Hall–Kier alpha value is -2.67. The Bertz CT molecular complexity index is 803. The molecule has 1 saturated carbocycles. The molecule has 1 N–H and O–H groups in total. The van der Waals surface area contributed by atoms with Gasteiger partial charge in [-0.3, -0.25) is 4.79 Å². The van der Waals surface area contributed by atoms with E-state index in [9.17, 15) is 9.59 Å². The summed E-state index contributed by atoms with van der Waals surface area (Å²) in [6.07, 6.45) is 2.30. The molecule has 25 heavy (non-hydrogen) atoms. The third-order valence-corrected chi connectivity index (χ3v) is 5.08. The molecule has 2 aliphatic rings. The molecule has 1 aliphatic carbocycles. The number of amides is 1. The molecular weight excluding hydrogens is 324 g/mol. The summed E-state index contributed by atoms with van der Waals surface area (Å²) in [5.74, 6) is -0.514. The zero-order valence-corrected chi connectivity index (χ0v) is 13.6. The number of nitrogens with zero attached hydrogens (tertiary/aromatic N) is 2. The highest BCUT2D eigenvalue weighted by Crippen LogP contribution is 2.59. The molecule has 1 saturated heterocycles. The SMILES string of the molecule is O=C(O)COCc1ocnc1C(=O)N1CC2CC2(c2ccccc2)C1. The second-order valence-corrected chi connectivity index (χ2v) is 6.62. The lowest BCUT2D eigenvalue weighted by atomic mass is 9.95. The second kappa shape index (κ2) is 6.00. The summed E-state index contributed by atoms with van der Waals surface area (Å²) in [6.45, 7) is 0.838. The van der Waals surface area contributed by atoms with Crippen LogP contribution in [0.1, 0.15) is 28.2 Å². The summed E-state index contributed by atoms with van der Waals surface area (Å²) >= 11 is 0. The molecule has 0 radical (unpaired) electrons. The third kappa shape index (κ3) is 2.80. The third-order valence-electron chi connectivity index (χ3n) is 5.08. The summed E-state index contributed by atoms with van der Waals surface area (Å²) in [5, 5.41) is 8.62. The van der Waals surface area contributed by atoms with Crippen molar-refractivity contribution in [3.8, 4) is 0 Å². The lowest BCUT2D eigenvalue weighted by molar-refractivity contribution is -0.142. The standard InChI is InChI=1S/C18H18N2O5/c21-15(22)9-24-8-14-16(19-11-25-14)17(23)20-7-13-6-18(13,10-20)12-4-2-1-3-5-12/h1-5,11,13H,6-10H2,(H,21,22). The maximum absolute atomic E-state index is 12.8. The number of fused-ring (bicyclic) bond motifs is 1. The molecule has 2 heterocycles. The van der Waals surface area contributed by atoms with Crippen LogP contribution in [0.25, 0.3) is 0 Å². The number of carbonyl (C=O) groups excluding carboxylic acids is 1. The number of aliphatic carboxylic acids is 1. The van der Waals surface area contributed by atoms with E-state index in [-0.39, 0.29) is 29.4 Å². The molecule has 2 unspecified atom stereocenters. The van der Waals surface area contributed by atoms with E-state index >= 15 is 0 Å². The lowest BCUT2D eigenvalue weighted by Crippen LogP contribution is -2.33. The van der Waals surface area contributed by atoms with Crippen molar-refractivity contribution in [2.24, 2.45) is 5.92 Å². The summed E-state index contributed by atoms with van der Waals surface area (Å²) in [5.41, 5.74) is 1.55. The highest BCUT2D eigenvalue weighted by molar-refractivity contribution is 5.93. The highest BCUT2D eigenvalue weighted by Gasteiger charge is 2.61. The number of hydrogen-bond acceptors (Lipinski definition) is 5. The van der Waals surface area contributed by atoms with Crippen LogP contribution in [-0.4, -0.2) is 46.6 Å². The van der Waals surface area contributed by atoms with E-state index in [0.29, 0.717) is 19.0 Å². The molecule has 1 amide bonds. The van der Waals surface area contributed by atoms with Crippen molar-refractivity contribution in [2.45, 2.75) is 18.4 Å². The number of carboxylic acids is 1. The summed E-state index contributed by atoms with van der Waals surface area (Å²) in [6, 6.07) is 10.3. The first-order valence-electron chi connectivity index (χ1n) is 8.17. The van der Waals surface area contributed by atoms with Crippen molar-refractivity contribution in [1.29, 1.82) is 0 Å². The van der Waals surface area contributed by atoms with Crippen LogP contribution in [0.2, 0.25) is 0 Å². The number of piperidine rings is 1. The van der Waals surface area contributed by atoms with Crippen LogP contribution < -0.4 is 0 Å². The number of carbonyl (C=O) groups is 2. The minimum Gasteiger partial charge on any atom is -0.480 e. The molecule has 2 atom stereocenters. The number of oxazole rings is 1. The monoisotopic (exact) mass is 342 g/mol. The quantitative estimate of drug-likeness (QED) is 0.859. The Morgan fingerprint density at radius 2 is 2.16 bits per heavy atom. The smallest absolute Gasteiger partial charge is 0.329 e. The molecule has 0 spiro atoms. The van der Waals surface area contributed by atoms with Gasteiger partial charge in [-0.1, -0.05) is 30.3 Å². The van der Waals surface area contributed by atoms with Crippen molar-refractivity contribution in [3.63, 3.8) is 0 Å². The Labute approximate surface area is 144 Å². The predicted octanol–water partition coefficient (Wildman–Crippen LogP) is 1.69. The van der Waals surface area contributed by atoms with Crippen LogP contribution >= 0.6 is 0 Å². The average molecular weight is 342 g/mol. The number of likely N-dealkylation sites (tertiary alicyclic amines) is 1. The van der Waals surface area contributed by atoms with E-state index in [4.69, 9.17) is 14.3 Å². The fraction of sp³-hybridized carbons (Fsp3) is 0.389. The van der Waals surface area contributed by atoms with Gasteiger partial charge in [0.25, 0.3) is 5.91 Å². The first kappa shape index (κ1) is 15.8. The molecule has 1 aliphatic heterocycles. The van der Waals surface area contributed by atoms with Crippen molar-refractivity contribution in [3.05, 3.63) is 53.7 Å². The van der Waals surface area contributed by atoms with Gasteiger partial charge in [0.1, 0.15) is 13.2 Å². The fourth-order valence-corrected chi connectivity index (χ4v) is 3.78. The summed E-state index contributed by atoms with van der Waals surface area (Å²) < 4.78 is 10.2. The van der Waals surface area contributed by atoms with Crippen LogP contribution in [0.3, 0.4) is 0 Å². The molecule has 7 heteroatoms. The zero-order valence-electron chi connectivity index (χ0n) is 13.6. The first-order valence-corrected chi connectivity index (χ1v) is 8.17. The summed E-state index contributed by atoms with van der Waals surface area (Å²) in [7, 11) is 0. The van der Waals surface area contributed by atoms with Gasteiger partial charge in [-0.05, 0) is 17.9 Å². The van der Waals surface area contributed by atoms with Crippen molar-refractivity contribution in [1.82, 2.24) is 9.88 Å². The van der Waals surface area contributed by atoms with Crippen LogP contribution in [0.5, 0.6) is 0 Å². The van der Waals surface area contributed by atoms with Gasteiger partial charge in [0, 0.05) is 18.5 Å².